The fourth-order valence-corrected chi connectivity index (χ4v) is 4.47. The van der Waals surface area contributed by atoms with Gasteiger partial charge in [-0.1, -0.05) is 6.08 Å². The zero-order valence-corrected chi connectivity index (χ0v) is 15.0. The van der Waals surface area contributed by atoms with E-state index in [9.17, 15) is 9.59 Å². The van der Waals surface area contributed by atoms with Crippen molar-refractivity contribution in [1.82, 2.24) is 25.7 Å². The Morgan fingerprint density at radius 2 is 2.36 bits per heavy atom. The van der Waals surface area contributed by atoms with Crippen LogP contribution in [0.4, 0.5) is 4.79 Å². The molecule has 3 atom stereocenters. The lowest BCUT2D eigenvalue weighted by molar-refractivity contribution is -0.124. The van der Waals surface area contributed by atoms with Crippen molar-refractivity contribution in [2.24, 2.45) is 12.8 Å². The molecule has 5 N–H and O–H groups in total. The molecule has 3 unspecified atom stereocenters. The number of nitrogens with zero attached hydrogens (tertiary/aromatic N) is 2. The van der Waals surface area contributed by atoms with E-state index in [1.165, 1.54) is 11.8 Å². The molecular formula is C16H24N6O2S. The number of amides is 3. The molecule has 25 heavy (non-hydrogen) atoms. The number of aromatic nitrogens is 2. The average molecular weight is 364 g/mol. The largest absolute Gasteiger partial charge is 0.352 e. The van der Waals surface area contributed by atoms with Crippen molar-refractivity contribution >= 4 is 23.7 Å². The first kappa shape index (κ1) is 17.8. The number of nitrogens with two attached hydrogens (primary N) is 1. The first-order chi connectivity index (χ1) is 12.0. The van der Waals surface area contributed by atoms with Gasteiger partial charge in [-0.15, -0.1) is 11.8 Å². The molecule has 0 aliphatic carbocycles. The minimum Gasteiger partial charge on any atom is -0.352 e. The number of hydrogen-bond acceptors (Lipinski definition) is 5. The van der Waals surface area contributed by atoms with Crippen molar-refractivity contribution in [1.29, 1.82) is 0 Å². The summed E-state index contributed by atoms with van der Waals surface area (Å²) in [5.41, 5.74) is 6.38. The summed E-state index contributed by atoms with van der Waals surface area (Å²) in [5, 5.41) is 15.1. The number of thioether (sulfide) groups is 1. The van der Waals surface area contributed by atoms with E-state index >= 15 is 0 Å². The van der Waals surface area contributed by atoms with Crippen molar-refractivity contribution < 1.29 is 9.59 Å². The summed E-state index contributed by atoms with van der Waals surface area (Å²) in [6.45, 7) is 1.68. The van der Waals surface area contributed by atoms with Crippen LogP contribution in [0.1, 0.15) is 18.4 Å². The van der Waals surface area contributed by atoms with Gasteiger partial charge >= 0.3 is 6.03 Å². The Balaban J connectivity index is 1.76. The van der Waals surface area contributed by atoms with E-state index in [0.29, 0.717) is 12.8 Å². The molecule has 3 rings (SSSR count). The van der Waals surface area contributed by atoms with Crippen LogP contribution in [-0.2, 0) is 18.3 Å². The fourth-order valence-electron chi connectivity index (χ4n) is 3.33. The standard InChI is InChI=1S/C16H24N6O2S/c1-22-10-11(8-19-22)2-5-16(13(4-7-25-16)21-15(17)24)14(23)20-12-3-6-18-9-12/h4,7-8,10,12-13,18H,2-3,5-6,9H2,1H3,(H,20,23)(H3,17,21,24). The van der Waals surface area contributed by atoms with Gasteiger partial charge in [0.2, 0.25) is 5.91 Å². The number of primary amides is 1. The zero-order chi connectivity index (χ0) is 17.9. The molecule has 0 bridgehead atoms. The highest BCUT2D eigenvalue weighted by molar-refractivity contribution is 8.04. The smallest absolute Gasteiger partial charge is 0.312 e. The fraction of sp³-hybridized carbons (Fsp3) is 0.562. The van der Waals surface area contributed by atoms with E-state index in [0.717, 1.165) is 25.1 Å². The summed E-state index contributed by atoms with van der Waals surface area (Å²) >= 11 is 1.45. The molecule has 0 radical (unpaired) electrons. The monoisotopic (exact) mass is 364 g/mol. The SMILES string of the molecule is Cn1cc(CCC2(C(=O)NC3CCNC3)SC=CC2NC(N)=O)cn1. The van der Waals surface area contributed by atoms with E-state index in [1.807, 2.05) is 24.7 Å². The van der Waals surface area contributed by atoms with Crippen LogP contribution in [0.15, 0.2) is 23.9 Å². The predicted octanol–water partition coefficient (Wildman–Crippen LogP) is -0.133. The molecule has 0 aromatic carbocycles. The first-order valence-electron chi connectivity index (χ1n) is 8.39. The summed E-state index contributed by atoms with van der Waals surface area (Å²) in [4.78, 5) is 24.5. The minimum atomic E-state index is -0.798. The maximum absolute atomic E-state index is 13.1. The molecule has 8 nitrogen and oxygen atoms in total. The van der Waals surface area contributed by atoms with Gasteiger partial charge in [0, 0.05) is 25.8 Å². The summed E-state index contributed by atoms with van der Waals surface area (Å²) < 4.78 is 0.943. The molecule has 9 heteroatoms. The molecular weight excluding hydrogens is 340 g/mol. The van der Waals surface area contributed by atoms with Gasteiger partial charge in [0.05, 0.1) is 12.2 Å². The molecule has 0 saturated carbocycles. The van der Waals surface area contributed by atoms with E-state index < -0.39 is 16.8 Å². The number of hydrogen-bond donors (Lipinski definition) is 4. The van der Waals surface area contributed by atoms with Gasteiger partial charge in [0.15, 0.2) is 0 Å². The van der Waals surface area contributed by atoms with Crippen molar-refractivity contribution in [2.45, 2.75) is 36.1 Å². The minimum absolute atomic E-state index is 0.0566. The second-order valence-electron chi connectivity index (χ2n) is 6.51. The van der Waals surface area contributed by atoms with Gasteiger partial charge in [-0.2, -0.15) is 5.10 Å². The van der Waals surface area contributed by atoms with Gasteiger partial charge in [-0.3, -0.25) is 9.48 Å². The van der Waals surface area contributed by atoms with Gasteiger partial charge in [-0.05, 0) is 36.8 Å². The lowest BCUT2D eigenvalue weighted by Gasteiger charge is -2.34. The van der Waals surface area contributed by atoms with Crippen LogP contribution in [0.25, 0.3) is 0 Å². The topological polar surface area (TPSA) is 114 Å². The van der Waals surface area contributed by atoms with Crippen molar-refractivity contribution in [3.05, 3.63) is 29.4 Å². The number of carbonyl (C=O) groups excluding carboxylic acids is 2. The van der Waals surface area contributed by atoms with E-state index in [2.05, 4.69) is 21.0 Å². The Kier molecular flexibility index (Phi) is 5.33. The Hall–Kier alpha value is -2.00. The van der Waals surface area contributed by atoms with Crippen LogP contribution in [0, 0.1) is 0 Å². The average Bonchev–Trinajstić information content (AvgIpc) is 3.27. The second-order valence-corrected chi connectivity index (χ2v) is 7.74. The van der Waals surface area contributed by atoms with Crippen molar-refractivity contribution in [2.75, 3.05) is 13.1 Å². The summed E-state index contributed by atoms with van der Waals surface area (Å²) in [6.07, 6.45) is 7.76. The van der Waals surface area contributed by atoms with E-state index in [4.69, 9.17) is 5.73 Å². The van der Waals surface area contributed by atoms with Crippen LogP contribution in [-0.4, -0.2) is 51.6 Å². The third-order valence-electron chi connectivity index (χ3n) is 4.67. The third-order valence-corrected chi connectivity index (χ3v) is 6.03. The maximum Gasteiger partial charge on any atom is 0.312 e. The van der Waals surface area contributed by atoms with Crippen LogP contribution in [0.3, 0.4) is 0 Å². The van der Waals surface area contributed by atoms with Gasteiger partial charge < -0.3 is 21.7 Å². The number of nitrogens with one attached hydrogen (secondary N) is 3. The lowest BCUT2D eigenvalue weighted by atomic mass is 9.90. The third kappa shape index (κ3) is 3.98. The molecule has 1 fully saturated rings. The molecule has 2 aliphatic rings. The highest BCUT2D eigenvalue weighted by Crippen LogP contribution is 2.41. The maximum atomic E-state index is 13.1. The van der Waals surface area contributed by atoms with Crippen molar-refractivity contribution in [3.8, 4) is 0 Å². The lowest BCUT2D eigenvalue weighted by Crippen LogP contribution is -2.59. The molecule has 1 aromatic heterocycles. The number of aryl methyl sites for hydroxylation is 2. The number of urea groups is 1. The van der Waals surface area contributed by atoms with Crippen LogP contribution >= 0.6 is 11.8 Å². The highest BCUT2D eigenvalue weighted by atomic mass is 32.2. The zero-order valence-electron chi connectivity index (χ0n) is 14.2. The van der Waals surface area contributed by atoms with Crippen LogP contribution < -0.4 is 21.7 Å². The molecule has 2 aliphatic heterocycles. The Labute approximate surface area is 151 Å². The summed E-state index contributed by atoms with van der Waals surface area (Å²) in [7, 11) is 1.86. The van der Waals surface area contributed by atoms with E-state index in [1.54, 1.807) is 10.9 Å². The molecule has 1 saturated heterocycles. The summed E-state index contributed by atoms with van der Waals surface area (Å²) in [6, 6.07) is -0.933. The summed E-state index contributed by atoms with van der Waals surface area (Å²) in [5.74, 6) is -0.0566. The van der Waals surface area contributed by atoms with Crippen LogP contribution in [0.2, 0.25) is 0 Å². The first-order valence-corrected chi connectivity index (χ1v) is 9.27. The highest BCUT2D eigenvalue weighted by Gasteiger charge is 2.48. The predicted molar refractivity (Wildman–Crippen MR) is 96.9 cm³/mol. The van der Waals surface area contributed by atoms with Crippen LogP contribution in [0.5, 0.6) is 0 Å². The van der Waals surface area contributed by atoms with Gasteiger partial charge in [-0.25, -0.2) is 4.79 Å². The number of carbonyl (C=O) groups is 2. The van der Waals surface area contributed by atoms with E-state index in [-0.39, 0.29) is 11.9 Å². The molecule has 1 aromatic rings. The molecule has 0 spiro atoms. The quantitative estimate of drug-likeness (QED) is 0.561. The molecule has 3 heterocycles. The van der Waals surface area contributed by atoms with Gasteiger partial charge in [0.25, 0.3) is 0 Å². The normalized spacial score (nSPS) is 28.2. The Morgan fingerprint density at radius 3 is 3.00 bits per heavy atom. The number of rotatable bonds is 6. The van der Waals surface area contributed by atoms with Gasteiger partial charge in [0.1, 0.15) is 4.75 Å². The Bertz CT molecular complexity index is 669. The molecule has 3 amide bonds. The Morgan fingerprint density at radius 1 is 1.52 bits per heavy atom. The van der Waals surface area contributed by atoms with Crippen molar-refractivity contribution in [3.63, 3.8) is 0 Å². The molecule has 136 valence electrons. The second kappa shape index (κ2) is 7.49.